The molecule has 1 aromatic heterocycles. The van der Waals surface area contributed by atoms with Crippen LogP contribution in [0.1, 0.15) is 27.3 Å². The molecule has 3 rings (SSSR count). The van der Waals surface area contributed by atoms with E-state index in [1.807, 2.05) is 31.4 Å². The molecule has 0 atom stereocenters. The second kappa shape index (κ2) is 7.51. The Labute approximate surface area is 157 Å². The molecular weight excluding hydrogens is 340 g/mol. The SMILES string of the molecule is Cc1ccc(-c2csc(/C(C#N)=N\Nc3c(C)cc(C)cc3C)n2)cc1. The highest BCUT2D eigenvalue weighted by Gasteiger charge is 2.11. The van der Waals surface area contributed by atoms with E-state index in [4.69, 9.17) is 0 Å². The van der Waals surface area contributed by atoms with Crippen molar-refractivity contribution in [2.75, 3.05) is 5.43 Å². The van der Waals surface area contributed by atoms with Crippen LogP contribution in [0.15, 0.2) is 46.9 Å². The third-order valence-corrected chi connectivity index (χ3v) is 4.97. The maximum atomic E-state index is 9.50. The molecule has 0 fully saturated rings. The number of benzene rings is 2. The molecule has 0 aliphatic rings. The molecule has 0 aliphatic heterocycles. The molecule has 0 saturated heterocycles. The summed E-state index contributed by atoms with van der Waals surface area (Å²) in [5, 5.41) is 16.4. The summed E-state index contributed by atoms with van der Waals surface area (Å²) in [4.78, 5) is 4.58. The Hall–Kier alpha value is -2.97. The molecule has 0 radical (unpaired) electrons. The highest BCUT2D eigenvalue weighted by Crippen LogP contribution is 2.24. The molecule has 3 aromatic rings. The Bertz CT molecular complexity index is 984. The normalized spacial score (nSPS) is 11.3. The van der Waals surface area contributed by atoms with Gasteiger partial charge in [0.25, 0.3) is 0 Å². The molecule has 0 aliphatic carbocycles. The van der Waals surface area contributed by atoms with Crippen LogP contribution < -0.4 is 5.43 Å². The largest absolute Gasteiger partial charge is 0.277 e. The third-order valence-electron chi connectivity index (χ3n) is 4.12. The van der Waals surface area contributed by atoms with Gasteiger partial charge in [0.2, 0.25) is 0 Å². The van der Waals surface area contributed by atoms with E-state index in [9.17, 15) is 5.26 Å². The van der Waals surface area contributed by atoms with Gasteiger partial charge in [0.15, 0.2) is 10.7 Å². The number of thiazole rings is 1. The van der Waals surface area contributed by atoms with Gasteiger partial charge in [-0.2, -0.15) is 10.4 Å². The number of anilines is 1. The second-order valence-corrected chi connectivity index (χ2v) is 7.22. The topological polar surface area (TPSA) is 61.1 Å². The van der Waals surface area contributed by atoms with Gasteiger partial charge in [-0.1, -0.05) is 47.5 Å². The molecule has 4 nitrogen and oxygen atoms in total. The van der Waals surface area contributed by atoms with Crippen LogP contribution in [0.3, 0.4) is 0 Å². The zero-order chi connectivity index (χ0) is 18.7. The lowest BCUT2D eigenvalue weighted by Gasteiger charge is -2.10. The number of hydrogen-bond acceptors (Lipinski definition) is 5. The van der Waals surface area contributed by atoms with Crippen molar-refractivity contribution in [1.29, 1.82) is 5.26 Å². The van der Waals surface area contributed by atoms with Crippen LogP contribution in [-0.2, 0) is 0 Å². The number of hydrazone groups is 1. The van der Waals surface area contributed by atoms with Crippen molar-refractivity contribution in [3.05, 3.63) is 69.0 Å². The van der Waals surface area contributed by atoms with Crippen LogP contribution in [0.25, 0.3) is 11.3 Å². The predicted molar refractivity (Wildman–Crippen MR) is 109 cm³/mol. The van der Waals surface area contributed by atoms with E-state index in [0.717, 1.165) is 28.1 Å². The van der Waals surface area contributed by atoms with Crippen molar-refractivity contribution in [3.8, 4) is 17.3 Å². The average Bonchev–Trinajstić information content (AvgIpc) is 3.07. The minimum atomic E-state index is 0.285. The molecule has 0 bridgehead atoms. The second-order valence-electron chi connectivity index (χ2n) is 6.36. The summed E-state index contributed by atoms with van der Waals surface area (Å²) in [6.07, 6.45) is 0. The van der Waals surface area contributed by atoms with E-state index in [-0.39, 0.29) is 5.71 Å². The fourth-order valence-electron chi connectivity index (χ4n) is 2.83. The van der Waals surface area contributed by atoms with E-state index < -0.39 is 0 Å². The summed E-state index contributed by atoms with van der Waals surface area (Å²) >= 11 is 1.42. The smallest absolute Gasteiger partial charge is 0.196 e. The Kier molecular flexibility index (Phi) is 5.15. The minimum absolute atomic E-state index is 0.285. The summed E-state index contributed by atoms with van der Waals surface area (Å²) in [5.41, 5.74) is 10.8. The van der Waals surface area contributed by atoms with Gasteiger partial charge in [0, 0.05) is 10.9 Å². The van der Waals surface area contributed by atoms with E-state index >= 15 is 0 Å². The highest BCUT2D eigenvalue weighted by atomic mass is 32.1. The fourth-order valence-corrected chi connectivity index (χ4v) is 3.59. The molecule has 0 spiro atoms. The summed E-state index contributed by atoms with van der Waals surface area (Å²) in [6, 6.07) is 14.5. The first-order valence-corrected chi connectivity index (χ1v) is 9.20. The monoisotopic (exact) mass is 360 g/mol. The van der Waals surface area contributed by atoms with Crippen molar-refractivity contribution in [3.63, 3.8) is 0 Å². The number of nitrogens with zero attached hydrogens (tertiary/aromatic N) is 3. The number of hydrogen-bond donors (Lipinski definition) is 1. The van der Waals surface area contributed by atoms with Gasteiger partial charge in [-0.25, -0.2) is 4.98 Å². The van der Waals surface area contributed by atoms with Crippen LogP contribution in [0.2, 0.25) is 0 Å². The number of nitrogens with one attached hydrogen (secondary N) is 1. The van der Waals surface area contributed by atoms with E-state index in [2.05, 4.69) is 59.7 Å². The van der Waals surface area contributed by atoms with Crippen molar-refractivity contribution < 1.29 is 0 Å². The first-order valence-electron chi connectivity index (χ1n) is 8.32. The molecular formula is C21H20N4S. The van der Waals surface area contributed by atoms with Gasteiger partial charge < -0.3 is 0 Å². The molecule has 1 heterocycles. The molecule has 2 aromatic carbocycles. The van der Waals surface area contributed by atoms with Gasteiger partial charge in [-0.15, -0.1) is 11.3 Å². The van der Waals surface area contributed by atoms with Crippen LogP contribution in [0.4, 0.5) is 5.69 Å². The van der Waals surface area contributed by atoms with Crippen molar-refractivity contribution in [2.45, 2.75) is 27.7 Å². The Morgan fingerprint density at radius 1 is 1.04 bits per heavy atom. The first-order chi connectivity index (χ1) is 12.5. The van der Waals surface area contributed by atoms with E-state index in [1.54, 1.807) is 0 Å². The lowest BCUT2D eigenvalue weighted by Crippen LogP contribution is -2.03. The lowest BCUT2D eigenvalue weighted by atomic mass is 10.1. The molecule has 5 heteroatoms. The molecule has 1 N–H and O–H groups in total. The average molecular weight is 360 g/mol. The van der Waals surface area contributed by atoms with E-state index in [0.29, 0.717) is 5.01 Å². The summed E-state index contributed by atoms with van der Waals surface area (Å²) in [5.74, 6) is 0. The van der Waals surface area contributed by atoms with Crippen LogP contribution in [0.5, 0.6) is 0 Å². The summed E-state index contributed by atoms with van der Waals surface area (Å²) < 4.78 is 0. The van der Waals surface area contributed by atoms with Crippen molar-refractivity contribution in [2.24, 2.45) is 5.10 Å². The van der Waals surface area contributed by atoms with Gasteiger partial charge in [0.1, 0.15) is 6.07 Å². The van der Waals surface area contributed by atoms with Gasteiger partial charge in [-0.05, 0) is 38.8 Å². The maximum absolute atomic E-state index is 9.50. The van der Waals surface area contributed by atoms with Crippen LogP contribution in [0, 0.1) is 39.0 Å². The predicted octanol–water partition coefficient (Wildman–Crippen LogP) is 5.38. The molecule has 0 amide bonds. The van der Waals surface area contributed by atoms with E-state index in [1.165, 1.54) is 22.5 Å². The van der Waals surface area contributed by atoms with Gasteiger partial charge in [0.05, 0.1) is 11.4 Å². The third kappa shape index (κ3) is 3.81. The summed E-state index contributed by atoms with van der Waals surface area (Å²) in [7, 11) is 0. The van der Waals surface area contributed by atoms with Crippen molar-refractivity contribution >= 4 is 22.7 Å². The number of nitriles is 1. The quantitative estimate of drug-likeness (QED) is 0.502. The van der Waals surface area contributed by atoms with Crippen LogP contribution >= 0.6 is 11.3 Å². The zero-order valence-corrected chi connectivity index (χ0v) is 16.1. The number of aromatic nitrogens is 1. The Balaban J connectivity index is 1.87. The van der Waals surface area contributed by atoms with Gasteiger partial charge >= 0.3 is 0 Å². The van der Waals surface area contributed by atoms with Gasteiger partial charge in [-0.3, -0.25) is 5.43 Å². The molecule has 26 heavy (non-hydrogen) atoms. The fraction of sp³-hybridized carbons (Fsp3) is 0.190. The molecule has 0 unspecified atom stereocenters. The number of rotatable bonds is 4. The maximum Gasteiger partial charge on any atom is 0.196 e. The molecule has 130 valence electrons. The minimum Gasteiger partial charge on any atom is -0.277 e. The summed E-state index contributed by atoms with van der Waals surface area (Å²) in [6.45, 7) is 8.18. The lowest BCUT2D eigenvalue weighted by molar-refractivity contribution is 1.24. The Morgan fingerprint density at radius 3 is 2.31 bits per heavy atom. The number of aryl methyl sites for hydroxylation is 4. The Morgan fingerprint density at radius 2 is 1.69 bits per heavy atom. The standard InChI is InChI=1S/C21H20N4S/c1-13-5-7-17(8-6-13)19-12-26-21(23-19)18(11-22)24-25-20-15(3)9-14(2)10-16(20)4/h5-10,12,25H,1-4H3/b24-18-. The first kappa shape index (κ1) is 17.8. The zero-order valence-electron chi connectivity index (χ0n) is 15.3. The highest BCUT2D eigenvalue weighted by molar-refractivity contribution is 7.12. The molecule has 0 saturated carbocycles. The van der Waals surface area contributed by atoms with Crippen molar-refractivity contribution in [1.82, 2.24) is 4.98 Å². The van der Waals surface area contributed by atoms with Crippen LogP contribution in [-0.4, -0.2) is 10.7 Å².